The first-order valence-electron chi connectivity index (χ1n) is 9.22. The lowest BCUT2D eigenvalue weighted by Crippen LogP contribution is -2.35. The van der Waals surface area contributed by atoms with Crippen LogP contribution in [-0.2, 0) is 17.5 Å². The summed E-state index contributed by atoms with van der Waals surface area (Å²) in [6, 6.07) is 9.28. The molecule has 3 N–H and O–H groups in total. The molecule has 0 aliphatic carbocycles. The number of nitrogens with zero attached hydrogens (tertiary/aromatic N) is 3. The van der Waals surface area contributed by atoms with Crippen molar-refractivity contribution in [2.45, 2.75) is 20.4 Å². The predicted molar refractivity (Wildman–Crippen MR) is 115 cm³/mol. The Morgan fingerprint density at radius 2 is 2.00 bits per heavy atom. The molecule has 2 aromatic heterocycles. The van der Waals surface area contributed by atoms with Gasteiger partial charge in [-0.3, -0.25) is 4.79 Å². The molecule has 4 rings (SSSR count). The lowest BCUT2D eigenvalue weighted by atomic mass is 10.1. The molecule has 8 nitrogen and oxygen atoms in total. The second-order valence-corrected chi connectivity index (χ2v) is 7.98. The van der Waals surface area contributed by atoms with Crippen molar-refractivity contribution >= 4 is 34.2 Å². The van der Waals surface area contributed by atoms with Crippen LogP contribution < -0.4 is 15.4 Å². The summed E-state index contributed by atoms with van der Waals surface area (Å²) in [5, 5.41) is 6.09. The van der Waals surface area contributed by atoms with Crippen LogP contribution in [0.3, 0.4) is 0 Å². The predicted octanol–water partition coefficient (Wildman–Crippen LogP) is 2.75. The Bertz CT molecular complexity index is 1120. The summed E-state index contributed by atoms with van der Waals surface area (Å²) >= 11 is 0. The van der Waals surface area contributed by atoms with Crippen LogP contribution in [0, 0.1) is 13.8 Å². The van der Waals surface area contributed by atoms with Gasteiger partial charge in [0, 0.05) is 48.2 Å². The van der Waals surface area contributed by atoms with Crippen LogP contribution in [0.25, 0.3) is 11.3 Å². The fourth-order valence-electron chi connectivity index (χ4n) is 3.72. The SMILES string of the molecule is Cc1c(-c2ccnc(Nc3cccc(NS(C)=O)c3)n2)c(C)n2c1C(=O)NCC2. The molecule has 0 saturated carbocycles. The van der Waals surface area contributed by atoms with E-state index in [1.165, 1.54) is 0 Å². The number of hydrogen-bond donors (Lipinski definition) is 3. The van der Waals surface area contributed by atoms with E-state index in [4.69, 9.17) is 0 Å². The Balaban J connectivity index is 1.67. The molecule has 0 spiro atoms. The van der Waals surface area contributed by atoms with E-state index in [2.05, 4.69) is 29.9 Å². The number of carbonyl (C=O) groups excluding carboxylic acids is 1. The van der Waals surface area contributed by atoms with Crippen molar-refractivity contribution in [2.24, 2.45) is 0 Å². The summed E-state index contributed by atoms with van der Waals surface area (Å²) < 4.78 is 16.3. The molecule has 150 valence electrons. The summed E-state index contributed by atoms with van der Waals surface area (Å²) in [6.07, 6.45) is 3.28. The number of carbonyl (C=O) groups is 1. The number of hydrogen-bond acceptors (Lipinski definition) is 5. The molecular weight excluding hydrogens is 388 g/mol. The van der Waals surface area contributed by atoms with E-state index in [0.717, 1.165) is 40.4 Å². The molecule has 9 heteroatoms. The second kappa shape index (κ2) is 7.67. The Morgan fingerprint density at radius 1 is 1.21 bits per heavy atom. The molecule has 3 aromatic rings. The first kappa shape index (κ1) is 19.1. The van der Waals surface area contributed by atoms with Gasteiger partial charge in [0.15, 0.2) is 0 Å². The molecule has 1 aliphatic heterocycles. The number of nitrogens with one attached hydrogen (secondary N) is 3. The van der Waals surface area contributed by atoms with Crippen molar-refractivity contribution in [1.82, 2.24) is 19.9 Å². The molecule has 1 unspecified atom stereocenters. The van der Waals surface area contributed by atoms with Gasteiger partial charge >= 0.3 is 0 Å². The van der Waals surface area contributed by atoms with Crippen LogP contribution in [0.15, 0.2) is 36.5 Å². The average molecular weight is 411 g/mol. The zero-order valence-corrected chi connectivity index (χ0v) is 17.3. The monoisotopic (exact) mass is 410 g/mol. The largest absolute Gasteiger partial charge is 0.349 e. The number of anilines is 3. The van der Waals surface area contributed by atoms with Gasteiger partial charge in [0.1, 0.15) is 16.7 Å². The molecule has 1 aliphatic rings. The number of rotatable bonds is 5. The van der Waals surface area contributed by atoms with Gasteiger partial charge in [-0.1, -0.05) is 6.07 Å². The van der Waals surface area contributed by atoms with Crippen LogP contribution >= 0.6 is 0 Å². The summed E-state index contributed by atoms with van der Waals surface area (Å²) in [5.41, 5.74) is 5.87. The van der Waals surface area contributed by atoms with Gasteiger partial charge in [0.2, 0.25) is 5.95 Å². The molecule has 0 saturated heterocycles. The maximum absolute atomic E-state index is 12.3. The molecule has 0 bridgehead atoms. The molecule has 0 fully saturated rings. The normalized spacial score (nSPS) is 14.1. The van der Waals surface area contributed by atoms with Crippen LogP contribution in [0.4, 0.5) is 17.3 Å². The van der Waals surface area contributed by atoms with Crippen molar-refractivity contribution < 1.29 is 9.00 Å². The number of benzene rings is 1. The van der Waals surface area contributed by atoms with Crippen molar-refractivity contribution in [2.75, 3.05) is 22.8 Å². The van der Waals surface area contributed by atoms with Gasteiger partial charge in [0.05, 0.1) is 5.69 Å². The van der Waals surface area contributed by atoms with Crippen molar-refractivity contribution in [1.29, 1.82) is 0 Å². The highest BCUT2D eigenvalue weighted by atomic mass is 32.2. The number of aromatic nitrogens is 3. The fraction of sp³-hybridized carbons (Fsp3) is 0.250. The zero-order chi connectivity index (χ0) is 20.5. The van der Waals surface area contributed by atoms with Crippen LogP contribution in [0.2, 0.25) is 0 Å². The quantitative estimate of drug-likeness (QED) is 0.600. The molecular formula is C20H22N6O2S. The van der Waals surface area contributed by atoms with Gasteiger partial charge in [-0.15, -0.1) is 0 Å². The maximum Gasteiger partial charge on any atom is 0.268 e. The van der Waals surface area contributed by atoms with Crippen LogP contribution in [0.1, 0.15) is 21.7 Å². The Hall–Kier alpha value is -3.20. The standard InChI is InChI=1S/C20H22N6O2S/c1-12-17(13(2)26-10-9-21-19(27)18(12)26)16-7-8-22-20(24-16)23-14-5-4-6-15(11-14)25-29(3)28/h4-8,11,25H,9-10H2,1-3H3,(H,21,27)(H,22,23,24). The Morgan fingerprint density at radius 3 is 2.76 bits per heavy atom. The Kier molecular flexibility index (Phi) is 5.06. The zero-order valence-electron chi connectivity index (χ0n) is 16.4. The third kappa shape index (κ3) is 3.73. The van der Waals surface area contributed by atoms with Crippen LogP contribution in [-0.4, -0.2) is 37.5 Å². The van der Waals surface area contributed by atoms with E-state index >= 15 is 0 Å². The first-order valence-corrected chi connectivity index (χ1v) is 10.8. The van der Waals surface area contributed by atoms with Crippen LogP contribution in [0.5, 0.6) is 0 Å². The number of fused-ring (bicyclic) bond motifs is 1. The maximum atomic E-state index is 12.3. The average Bonchev–Trinajstić information content (AvgIpc) is 2.93. The minimum atomic E-state index is -1.15. The van der Waals surface area contributed by atoms with E-state index in [-0.39, 0.29) is 5.91 Å². The molecule has 1 amide bonds. The molecule has 0 radical (unpaired) electrons. The highest BCUT2D eigenvalue weighted by Crippen LogP contribution is 2.32. The van der Waals surface area contributed by atoms with E-state index in [9.17, 15) is 9.00 Å². The molecule has 3 heterocycles. The first-order chi connectivity index (χ1) is 13.9. The van der Waals surface area contributed by atoms with E-state index < -0.39 is 11.0 Å². The second-order valence-electron chi connectivity index (χ2n) is 6.87. The topological polar surface area (TPSA) is 101 Å². The van der Waals surface area contributed by atoms with Gasteiger partial charge in [-0.25, -0.2) is 14.2 Å². The highest BCUT2D eigenvalue weighted by molar-refractivity contribution is 7.85. The van der Waals surface area contributed by atoms with E-state index in [1.807, 2.05) is 44.2 Å². The highest BCUT2D eigenvalue weighted by Gasteiger charge is 2.26. The lowest BCUT2D eigenvalue weighted by molar-refractivity contribution is 0.0926. The third-order valence-electron chi connectivity index (χ3n) is 4.89. The number of amides is 1. The fourth-order valence-corrected chi connectivity index (χ4v) is 4.18. The summed E-state index contributed by atoms with van der Waals surface area (Å²) in [7, 11) is -1.15. The summed E-state index contributed by atoms with van der Waals surface area (Å²) in [6.45, 7) is 5.35. The van der Waals surface area contributed by atoms with Gasteiger partial charge in [-0.05, 0) is 43.7 Å². The lowest BCUT2D eigenvalue weighted by Gasteiger charge is -2.17. The van der Waals surface area contributed by atoms with E-state index in [0.29, 0.717) is 18.2 Å². The third-order valence-corrected chi connectivity index (χ3v) is 5.42. The smallest absolute Gasteiger partial charge is 0.268 e. The van der Waals surface area contributed by atoms with E-state index in [1.54, 1.807) is 12.5 Å². The van der Waals surface area contributed by atoms with Crippen molar-refractivity contribution in [3.8, 4) is 11.3 Å². The minimum Gasteiger partial charge on any atom is -0.349 e. The van der Waals surface area contributed by atoms with Gasteiger partial charge in [0.25, 0.3) is 5.91 Å². The molecule has 1 aromatic carbocycles. The van der Waals surface area contributed by atoms with Crippen molar-refractivity contribution in [3.63, 3.8) is 0 Å². The summed E-state index contributed by atoms with van der Waals surface area (Å²) in [5.74, 6) is 0.401. The van der Waals surface area contributed by atoms with Gasteiger partial charge in [-0.2, -0.15) is 0 Å². The Labute approximate surface area is 171 Å². The molecule has 29 heavy (non-hydrogen) atoms. The molecule has 1 atom stereocenters. The summed E-state index contributed by atoms with van der Waals surface area (Å²) in [4.78, 5) is 21.3. The van der Waals surface area contributed by atoms with Gasteiger partial charge < -0.3 is 19.9 Å². The van der Waals surface area contributed by atoms with Crippen molar-refractivity contribution in [3.05, 3.63) is 53.5 Å². The minimum absolute atomic E-state index is 0.0480.